The van der Waals surface area contributed by atoms with Crippen LogP contribution in [0.5, 0.6) is 0 Å². The van der Waals surface area contributed by atoms with Crippen molar-refractivity contribution in [1.29, 1.82) is 0 Å². The van der Waals surface area contributed by atoms with Crippen LogP contribution in [0.4, 0.5) is 0 Å². The Balaban J connectivity index is 2.95. The molecule has 4 heteroatoms. The molecule has 0 saturated heterocycles. The minimum Gasteiger partial charge on any atom is -0.410 e. The molecule has 0 saturated carbocycles. The van der Waals surface area contributed by atoms with Gasteiger partial charge in [0.1, 0.15) is 11.4 Å². The molecule has 1 N–H and O–H groups in total. The van der Waals surface area contributed by atoms with Crippen molar-refractivity contribution in [2.75, 3.05) is 0 Å². The van der Waals surface area contributed by atoms with E-state index in [0.29, 0.717) is 11.4 Å². The topological polar surface area (TPSA) is 54.2 Å². The third-order valence-electron chi connectivity index (χ3n) is 1.42. The monoisotopic (exact) mass is 142 g/mol. The van der Waals surface area contributed by atoms with Crippen LogP contribution >= 0.6 is 0 Å². The fourth-order valence-corrected chi connectivity index (χ4v) is 0.897. The molecule has 1 heterocycles. The zero-order chi connectivity index (χ0) is 7.78. The number of oxime groups is 2. The van der Waals surface area contributed by atoms with Gasteiger partial charge < -0.3 is 10.0 Å². The number of hydrogen-bond donors (Lipinski definition) is 1. The summed E-state index contributed by atoms with van der Waals surface area (Å²) in [5.41, 5.74) is 0.554. The summed E-state index contributed by atoms with van der Waals surface area (Å²) >= 11 is 0. The molecule has 0 aromatic heterocycles. The summed E-state index contributed by atoms with van der Waals surface area (Å²) in [5.74, 6) is 0. The van der Waals surface area contributed by atoms with E-state index in [-0.39, 0.29) is 0 Å². The lowest BCUT2D eigenvalue weighted by molar-refractivity contribution is 0.0506. The van der Waals surface area contributed by atoms with E-state index in [9.17, 15) is 0 Å². The second-order valence-electron chi connectivity index (χ2n) is 2.73. The average Bonchev–Trinajstić information content (AvgIpc) is 2.07. The van der Waals surface area contributed by atoms with Gasteiger partial charge in [0.2, 0.25) is 0 Å². The minimum absolute atomic E-state index is 0.493. The molecule has 56 valence electrons. The summed E-state index contributed by atoms with van der Waals surface area (Å²) in [6.45, 7) is 5.33. The molecule has 0 radical (unpaired) electrons. The Morgan fingerprint density at radius 2 is 2.20 bits per heavy atom. The Kier molecular flexibility index (Phi) is 1.39. The molecule has 0 unspecified atom stereocenters. The van der Waals surface area contributed by atoms with Gasteiger partial charge in [-0.25, -0.2) is 0 Å². The van der Waals surface area contributed by atoms with Crippen LogP contribution in [0.25, 0.3) is 0 Å². The summed E-state index contributed by atoms with van der Waals surface area (Å²) in [4.78, 5) is 4.95. The van der Waals surface area contributed by atoms with Crippen LogP contribution in [0.1, 0.15) is 20.8 Å². The van der Waals surface area contributed by atoms with Gasteiger partial charge in [0.15, 0.2) is 5.60 Å². The van der Waals surface area contributed by atoms with Crippen molar-refractivity contribution in [1.82, 2.24) is 0 Å². The molecular formula is C6H10N2O2. The molecule has 1 aliphatic heterocycles. The Bertz CT molecular complexity index is 206. The lowest BCUT2D eigenvalue weighted by atomic mass is 10.0. The molecule has 0 aliphatic carbocycles. The molecule has 0 fully saturated rings. The third kappa shape index (κ3) is 0.853. The van der Waals surface area contributed by atoms with Gasteiger partial charge in [0, 0.05) is 0 Å². The second kappa shape index (κ2) is 1.97. The molecule has 10 heavy (non-hydrogen) atoms. The van der Waals surface area contributed by atoms with E-state index in [0.717, 1.165) is 0 Å². The molecule has 0 amide bonds. The number of nitrogens with zero attached hydrogens (tertiary/aromatic N) is 2. The predicted molar refractivity (Wildman–Crippen MR) is 37.5 cm³/mol. The fourth-order valence-electron chi connectivity index (χ4n) is 0.897. The van der Waals surface area contributed by atoms with E-state index in [4.69, 9.17) is 10.0 Å². The molecule has 0 aromatic carbocycles. The van der Waals surface area contributed by atoms with Gasteiger partial charge in [0.25, 0.3) is 0 Å². The second-order valence-corrected chi connectivity index (χ2v) is 2.73. The normalized spacial score (nSPS) is 26.3. The number of rotatable bonds is 0. The van der Waals surface area contributed by atoms with Gasteiger partial charge in [-0.15, -0.1) is 0 Å². The van der Waals surface area contributed by atoms with E-state index in [1.807, 2.05) is 0 Å². The van der Waals surface area contributed by atoms with Crippen LogP contribution in [0, 0.1) is 0 Å². The first-order chi connectivity index (χ1) is 4.58. The molecule has 1 rings (SSSR count). The van der Waals surface area contributed by atoms with Crippen LogP contribution < -0.4 is 0 Å². The summed E-state index contributed by atoms with van der Waals surface area (Å²) in [7, 11) is 0. The molecule has 4 nitrogen and oxygen atoms in total. The van der Waals surface area contributed by atoms with Crippen molar-refractivity contribution in [3.63, 3.8) is 0 Å². The lowest BCUT2D eigenvalue weighted by Crippen LogP contribution is -2.32. The van der Waals surface area contributed by atoms with E-state index >= 15 is 0 Å². The summed E-state index contributed by atoms with van der Waals surface area (Å²) in [6, 6.07) is 0. The highest BCUT2D eigenvalue weighted by Crippen LogP contribution is 2.19. The average molecular weight is 142 g/mol. The molecular weight excluding hydrogens is 132 g/mol. The zero-order valence-corrected chi connectivity index (χ0v) is 6.25. The smallest absolute Gasteiger partial charge is 0.179 e. The highest BCUT2D eigenvalue weighted by atomic mass is 16.7. The first kappa shape index (κ1) is 7.05. The fraction of sp³-hybridized carbons (Fsp3) is 0.667. The van der Waals surface area contributed by atoms with Gasteiger partial charge in [-0.05, 0) is 20.8 Å². The number of hydrogen-bond acceptors (Lipinski definition) is 4. The third-order valence-corrected chi connectivity index (χ3v) is 1.42. The Morgan fingerprint density at radius 1 is 1.60 bits per heavy atom. The van der Waals surface area contributed by atoms with Gasteiger partial charge in [-0.1, -0.05) is 10.3 Å². The largest absolute Gasteiger partial charge is 0.410 e. The van der Waals surface area contributed by atoms with Crippen LogP contribution in [0.2, 0.25) is 0 Å². The van der Waals surface area contributed by atoms with Crippen LogP contribution in [0.15, 0.2) is 10.3 Å². The van der Waals surface area contributed by atoms with Crippen molar-refractivity contribution in [2.45, 2.75) is 26.4 Å². The molecule has 1 aliphatic rings. The predicted octanol–water partition coefficient (Wildman–Crippen LogP) is 1.00. The molecule has 0 spiro atoms. The zero-order valence-electron chi connectivity index (χ0n) is 6.25. The first-order valence-electron chi connectivity index (χ1n) is 3.03. The van der Waals surface area contributed by atoms with Crippen molar-refractivity contribution in [3.8, 4) is 0 Å². The highest BCUT2D eigenvalue weighted by molar-refractivity contribution is 6.44. The lowest BCUT2D eigenvalue weighted by Gasteiger charge is -2.13. The van der Waals surface area contributed by atoms with Crippen molar-refractivity contribution in [2.24, 2.45) is 10.3 Å². The highest BCUT2D eigenvalue weighted by Gasteiger charge is 2.35. The Morgan fingerprint density at radius 3 is 2.40 bits per heavy atom. The van der Waals surface area contributed by atoms with E-state index in [1.165, 1.54) is 0 Å². The van der Waals surface area contributed by atoms with Gasteiger partial charge >= 0.3 is 0 Å². The van der Waals surface area contributed by atoms with Gasteiger partial charge in [-0.2, -0.15) is 0 Å². The molecule has 0 bridgehead atoms. The Hall–Kier alpha value is -1.06. The standard InChI is InChI=1S/C6H10N2O2/c1-4-5(7-9)6(2,3)10-8-4/h9H,1-3H3/b7-5-. The SMILES string of the molecule is CC1=NOC(C)(C)/C1=N\O. The van der Waals surface area contributed by atoms with E-state index < -0.39 is 5.60 Å². The molecule has 0 aromatic rings. The summed E-state index contributed by atoms with van der Waals surface area (Å²) in [6.07, 6.45) is 0. The van der Waals surface area contributed by atoms with E-state index in [1.54, 1.807) is 20.8 Å². The Labute approximate surface area is 59.2 Å². The van der Waals surface area contributed by atoms with Crippen LogP contribution in [0.3, 0.4) is 0 Å². The van der Waals surface area contributed by atoms with Gasteiger partial charge in [-0.3, -0.25) is 0 Å². The quantitative estimate of drug-likeness (QED) is 0.405. The van der Waals surface area contributed by atoms with Gasteiger partial charge in [0.05, 0.1) is 0 Å². The molecule has 0 atom stereocenters. The maximum atomic E-state index is 8.50. The van der Waals surface area contributed by atoms with Crippen molar-refractivity contribution in [3.05, 3.63) is 0 Å². The summed E-state index contributed by atoms with van der Waals surface area (Å²) in [5, 5.41) is 15.2. The van der Waals surface area contributed by atoms with Crippen molar-refractivity contribution >= 4 is 11.4 Å². The first-order valence-corrected chi connectivity index (χ1v) is 3.03. The van der Waals surface area contributed by atoms with Crippen LogP contribution in [-0.2, 0) is 4.84 Å². The van der Waals surface area contributed by atoms with Crippen LogP contribution in [-0.4, -0.2) is 22.2 Å². The van der Waals surface area contributed by atoms with Crippen molar-refractivity contribution < 1.29 is 10.0 Å². The summed E-state index contributed by atoms with van der Waals surface area (Å²) < 4.78 is 0. The minimum atomic E-state index is -0.571. The maximum Gasteiger partial charge on any atom is 0.179 e. The van der Waals surface area contributed by atoms with E-state index in [2.05, 4.69) is 10.3 Å². The maximum absolute atomic E-state index is 8.50.